The van der Waals surface area contributed by atoms with Crippen molar-refractivity contribution < 1.29 is 29.0 Å². The van der Waals surface area contributed by atoms with Gasteiger partial charge in [-0.2, -0.15) is 0 Å². The van der Waals surface area contributed by atoms with E-state index in [1.807, 2.05) is 0 Å². The summed E-state index contributed by atoms with van der Waals surface area (Å²) in [6, 6.07) is 0. The smallest absolute Gasteiger partial charge is 0.342 e. The number of hydrogen-bond donors (Lipinski definition) is 1. The molecule has 0 amide bonds. The van der Waals surface area contributed by atoms with Gasteiger partial charge in [-0.05, 0) is 26.8 Å². The molecule has 1 heterocycles. The van der Waals surface area contributed by atoms with Crippen LogP contribution in [-0.4, -0.2) is 28.8 Å². The van der Waals surface area contributed by atoms with E-state index >= 15 is 0 Å². The Kier molecular flexibility index (Phi) is 3.80. The van der Waals surface area contributed by atoms with E-state index in [-0.39, 0.29) is 16.7 Å². The van der Waals surface area contributed by atoms with Gasteiger partial charge in [0.1, 0.15) is 0 Å². The molecule has 6 heteroatoms. The van der Waals surface area contributed by atoms with Crippen LogP contribution in [0.25, 0.3) is 0 Å². The van der Waals surface area contributed by atoms with Crippen molar-refractivity contribution in [3.05, 3.63) is 22.8 Å². The summed E-state index contributed by atoms with van der Waals surface area (Å²) >= 11 is 0. The van der Waals surface area contributed by atoms with Crippen LogP contribution >= 0.6 is 0 Å². The van der Waals surface area contributed by atoms with Crippen LogP contribution in [0.15, 0.2) is 22.8 Å². The third kappa shape index (κ3) is 2.53. The van der Waals surface area contributed by atoms with Crippen molar-refractivity contribution in [2.24, 2.45) is 5.92 Å². The first-order chi connectivity index (χ1) is 8.25. The Morgan fingerprint density at radius 1 is 1.28 bits per heavy atom. The van der Waals surface area contributed by atoms with Crippen LogP contribution in [0.2, 0.25) is 0 Å². The SMILES string of the molecule is CC(=O)C(/C=C1/C(=O)OC(=O)C1C)=C(/C)C(=O)O. The maximum atomic E-state index is 11.4. The summed E-state index contributed by atoms with van der Waals surface area (Å²) in [6.07, 6.45) is 1.11. The Hall–Kier alpha value is -2.24. The Balaban J connectivity index is 3.32. The molecule has 1 rings (SSSR count). The number of carbonyl (C=O) groups is 4. The normalized spacial score (nSPS) is 22.8. The molecule has 0 aromatic rings. The molecule has 1 aliphatic heterocycles. The van der Waals surface area contributed by atoms with E-state index in [0.717, 1.165) is 6.08 Å². The second-order valence-electron chi connectivity index (χ2n) is 3.93. The number of carboxylic acid groups (broad SMARTS) is 1. The highest BCUT2D eigenvalue weighted by Gasteiger charge is 2.36. The van der Waals surface area contributed by atoms with E-state index in [1.54, 1.807) is 0 Å². The summed E-state index contributed by atoms with van der Waals surface area (Å²) in [5.41, 5.74) is -0.309. The van der Waals surface area contributed by atoms with Crippen molar-refractivity contribution in [1.29, 1.82) is 0 Å². The molecule has 1 saturated heterocycles. The predicted octanol–water partition coefficient (Wildman–Crippen LogP) is 0.622. The molecule has 0 spiro atoms. The summed E-state index contributed by atoms with van der Waals surface area (Å²) in [4.78, 5) is 44.7. The molecule has 1 fully saturated rings. The van der Waals surface area contributed by atoms with Crippen LogP contribution in [0.5, 0.6) is 0 Å². The van der Waals surface area contributed by atoms with Gasteiger partial charge < -0.3 is 9.84 Å². The fourth-order valence-electron chi connectivity index (χ4n) is 1.47. The Morgan fingerprint density at radius 2 is 1.83 bits per heavy atom. The monoisotopic (exact) mass is 252 g/mol. The number of allylic oxidation sites excluding steroid dienone is 2. The first-order valence-electron chi connectivity index (χ1n) is 5.18. The third-order valence-electron chi connectivity index (χ3n) is 2.65. The lowest BCUT2D eigenvalue weighted by atomic mass is 9.97. The minimum atomic E-state index is -1.26. The summed E-state index contributed by atoms with van der Waals surface area (Å²) < 4.78 is 4.38. The number of ketones is 1. The fourth-order valence-corrected chi connectivity index (χ4v) is 1.47. The highest BCUT2D eigenvalue weighted by Crippen LogP contribution is 2.24. The first-order valence-corrected chi connectivity index (χ1v) is 5.18. The molecule has 1 atom stereocenters. The zero-order valence-corrected chi connectivity index (χ0v) is 10.1. The van der Waals surface area contributed by atoms with Crippen molar-refractivity contribution in [2.45, 2.75) is 20.8 Å². The largest absolute Gasteiger partial charge is 0.478 e. The predicted molar refractivity (Wildman–Crippen MR) is 59.4 cm³/mol. The number of cyclic esters (lactones) is 2. The number of carbonyl (C=O) groups excluding carboxylic acids is 3. The van der Waals surface area contributed by atoms with Gasteiger partial charge in [0.25, 0.3) is 0 Å². The fraction of sp³-hybridized carbons (Fsp3) is 0.333. The lowest BCUT2D eigenvalue weighted by Gasteiger charge is -2.03. The number of hydrogen-bond acceptors (Lipinski definition) is 5. The number of ether oxygens (including phenoxy) is 1. The zero-order valence-electron chi connectivity index (χ0n) is 10.1. The van der Waals surface area contributed by atoms with Crippen molar-refractivity contribution in [3.8, 4) is 0 Å². The second kappa shape index (κ2) is 4.95. The minimum Gasteiger partial charge on any atom is -0.478 e. The molecule has 18 heavy (non-hydrogen) atoms. The Morgan fingerprint density at radius 3 is 2.17 bits per heavy atom. The standard InChI is InChI=1S/C12H12O6/c1-5(10(14)15)8(7(3)13)4-9-6(2)11(16)18-12(9)17/h4,6H,1-3H3,(H,14,15)/b8-5-,9-4+. The topological polar surface area (TPSA) is 97.7 Å². The highest BCUT2D eigenvalue weighted by atomic mass is 16.6. The molecular formula is C12H12O6. The Bertz CT molecular complexity index is 509. The second-order valence-corrected chi connectivity index (χ2v) is 3.93. The van der Waals surface area contributed by atoms with Crippen LogP contribution in [0.1, 0.15) is 20.8 Å². The molecule has 0 radical (unpaired) electrons. The molecule has 1 aliphatic rings. The molecule has 0 aromatic heterocycles. The van der Waals surface area contributed by atoms with Crippen molar-refractivity contribution in [1.82, 2.24) is 0 Å². The van der Waals surface area contributed by atoms with Crippen LogP contribution < -0.4 is 0 Å². The van der Waals surface area contributed by atoms with Gasteiger partial charge in [-0.3, -0.25) is 9.59 Å². The van der Waals surface area contributed by atoms with E-state index < -0.39 is 29.6 Å². The molecule has 96 valence electrons. The molecule has 0 aromatic carbocycles. The number of Topliss-reactive ketones (excluding diaryl/α,β-unsaturated/α-hetero) is 1. The van der Waals surface area contributed by atoms with Crippen molar-refractivity contribution >= 4 is 23.7 Å². The number of esters is 2. The van der Waals surface area contributed by atoms with Crippen molar-refractivity contribution in [3.63, 3.8) is 0 Å². The van der Waals surface area contributed by atoms with Crippen LogP contribution in [0, 0.1) is 5.92 Å². The minimum absolute atomic E-state index is 0.00852. The molecule has 0 saturated carbocycles. The molecular weight excluding hydrogens is 240 g/mol. The molecule has 1 unspecified atom stereocenters. The zero-order chi connectivity index (χ0) is 14.0. The van der Waals surface area contributed by atoms with E-state index in [9.17, 15) is 19.2 Å². The summed E-state index contributed by atoms with van der Waals surface area (Å²) in [7, 11) is 0. The average Bonchev–Trinajstić information content (AvgIpc) is 2.49. The van der Waals surface area contributed by atoms with Gasteiger partial charge in [0.15, 0.2) is 5.78 Å². The molecule has 0 bridgehead atoms. The average molecular weight is 252 g/mol. The van der Waals surface area contributed by atoms with Gasteiger partial charge in [0, 0.05) is 11.1 Å². The van der Waals surface area contributed by atoms with Gasteiger partial charge in [-0.25, -0.2) is 9.59 Å². The number of carboxylic acids is 1. The van der Waals surface area contributed by atoms with Gasteiger partial charge in [-0.15, -0.1) is 0 Å². The van der Waals surface area contributed by atoms with Gasteiger partial charge >= 0.3 is 17.9 Å². The maximum absolute atomic E-state index is 11.4. The van der Waals surface area contributed by atoms with Crippen LogP contribution in [-0.2, 0) is 23.9 Å². The number of rotatable bonds is 3. The summed E-state index contributed by atoms with van der Waals surface area (Å²) in [5.74, 6) is -4.11. The third-order valence-corrected chi connectivity index (χ3v) is 2.65. The Labute approximate surface area is 103 Å². The quantitative estimate of drug-likeness (QED) is 0.449. The lowest BCUT2D eigenvalue weighted by Crippen LogP contribution is -2.09. The summed E-state index contributed by atoms with van der Waals surface area (Å²) in [5, 5.41) is 8.84. The molecule has 0 aliphatic carbocycles. The molecule has 6 nitrogen and oxygen atoms in total. The van der Waals surface area contributed by atoms with E-state index in [1.165, 1.54) is 20.8 Å². The van der Waals surface area contributed by atoms with Crippen molar-refractivity contribution in [2.75, 3.05) is 0 Å². The van der Waals surface area contributed by atoms with Gasteiger partial charge in [-0.1, -0.05) is 0 Å². The summed E-state index contributed by atoms with van der Waals surface area (Å²) in [6.45, 7) is 3.89. The maximum Gasteiger partial charge on any atom is 0.342 e. The van der Waals surface area contributed by atoms with Gasteiger partial charge in [0.2, 0.25) is 0 Å². The number of aliphatic carboxylic acids is 1. The molecule has 1 N–H and O–H groups in total. The van der Waals surface area contributed by atoms with E-state index in [4.69, 9.17) is 5.11 Å². The van der Waals surface area contributed by atoms with E-state index in [2.05, 4.69) is 4.74 Å². The van der Waals surface area contributed by atoms with Crippen LogP contribution in [0.4, 0.5) is 0 Å². The lowest BCUT2D eigenvalue weighted by molar-refractivity contribution is -0.152. The highest BCUT2D eigenvalue weighted by molar-refractivity contribution is 6.10. The first kappa shape index (κ1) is 13.8. The van der Waals surface area contributed by atoms with E-state index in [0.29, 0.717) is 0 Å². The van der Waals surface area contributed by atoms with Crippen LogP contribution in [0.3, 0.4) is 0 Å². The van der Waals surface area contributed by atoms with Gasteiger partial charge in [0.05, 0.1) is 11.5 Å².